The molecule has 0 amide bonds. The summed E-state index contributed by atoms with van der Waals surface area (Å²) < 4.78 is 4.41. The maximum Gasteiger partial charge on any atom is 0.310 e. The van der Waals surface area contributed by atoms with E-state index in [0.717, 1.165) is 11.0 Å². The Morgan fingerprint density at radius 2 is 2.06 bits per heavy atom. The molecule has 1 aliphatic carbocycles. The van der Waals surface area contributed by atoms with E-state index in [0.29, 0.717) is 19.0 Å². The SMILES string of the molecule is O=C(O)C1CN(c2nc(C3CCCC3)ns2)C1. The third-order valence-electron chi connectivity index (χ3n) is 3.65. The van der Waals surface area contributed by atoms with Crippen LogP contribution in [0, 0.1) is 5.92 Å². The predicted octanol–water partition coefficient (Wildman–Crippen LogP) is 1.72. The van der Waals surface area contributed by atoms with Gasteiger partial charge in [-0.25, -0.2) is 4.98 Å². The predicted molar refractivity (Wildman–Crippen MR) is 64.5 cm³/mol. The summed E-state index contributed by atoms with van der Waals surface area (Å²) in [6.45, 7) is 1.16. The molecule has 1 aromatic heterocycles. The van der Waals surface area contributed by atoms with Crippen LogP contribution < -0.4 is 4.90 Å². The summed E-state index contributed by atoms with van der Waals surface area (Å²) in [5.74, 6) is 0.577. The van der Waals surface area contributed by atoms with Crippen LogP contribution in [-0.4, -0.2) is 33.5 Å². The molecule has 2 heterocycles. The van der Waals surface area contributed by atoms with Crippen molar-refractivity contribution in [1.29, 1.82) is 0 Å². The third kappa shape index (κ3) is 2.01. The molecule has 0 unspecified atom stereocenters. The van der Waals surface area contributed by atoms with Crippen molar-refractivity contribution < 1.29 is 9.90 Å². The van der Waals surface area contributed by atoms with E-state index in [1.165, 1.54) is 37.2 Å². The average molecular weight is 253 g/mol. The fraction of sp³-hybridized carbons (Fsp3) is 0.727. The normalized spacial score (nSPS) is 21.8. The Balaban J connectivity index is 1.63. The first-order valence-corrected chi connectivity index (χ1v) is 6.83. The Labute approximate surface area is 104 Å². The molecule has 5 nitrogen and oxygen atoms in total. The van der Waals surface area contributed by atoms with Gasteiger partial charge in [-0.2, -0.15) is 4.37 Å². The molecule has 1 aliphatic heterocycles. The topological polar surface area (TPSA) is 66.3 Å². The summed E-state index contributed by atoms with van der Waals surface area (Å²) in [5.41, 5.74) is 0. The number of rotatable bonds is 3. The number of hydrogen-bond donors (Lipinski definition) is 1. The van der Waals surface area contributed by atoms with Crippen molar-refractivity contribution in [1.82, 2.24) is 9.36 Å². The first-order chi connectivity index (χ1) is 8.24. The van der Waals surface area contributed by atoms with Gasteiger partial charge in [0.05, 0.1) is 5.92 Å². The van der Waals surface area contributed by atoms with Gasteiger partial charge in [0.2, 0.25) is 5.13 Å². The van der Waals surface area contributed by atoms with Gasteiger partial charge < -0.3 is 10.0 Å². The zero-order valence-corrected chi connectivity index (χ0v) is 10.3. The number of carboxylic acid groups (broad SMARTS) is 1. The highest BCUT2D eigenvalue weighted by Gasteiger charge is 2.35. The van der Waals surface area contributed by atoms with Crippen LogP contribution in [0.15, 0.2) is 0 Å². The van der Waals surface area contributed by atoms with Crippen molar-refractivity contribution in [2.45, 2.75) is 31.6 Å². The van der Waals surface area contributed by atoms with E-state index in [2.05, 4.69) is 9.36 Å². The highest BCUT2D eigenvalue weighted by Crippen LogP contribution is 2.35. The highest BCUT2D eigenvalue weighted by atomic mass is 32.1. The fourth-order valence-corrected chi connectivity index (χ4v) is 3.26. The fourth-order valence-electron chi connectivity index (χ4n) is 2.50. The maximum atomic E-state index is 10.7. The summed E-state index contributed by atoms with van der Waals surface area (Å²) in [6, 6.07) is 0. The smallest absolute Gasteiger partial charge is 0.310 e. The zero-order valence-electron chi connectivity index (χ0n) is 9.50. The highest BCUT2D eigenvalue weighted by molar-refractivity contribution is 7.09. The quantitative estimate of drug-likeness (QED) is 0.888. The van der Waals surface area contributed by atoms with Gasteiger partial charge in [-0.15, -0.1) is 0 Å². The zero-order chi connectivity index (χ0) is 11.8. The summed E-state index contributed by atoms with van der Waals surface area (Å²) in [7, 11) is 0. The summed E-state index contributed by atoms with van der Waals surface area (Å²) in [5, 5.41) is 9.71. The molecule has 0 radical (unpaired) electrons. The molecule has 0 aromatic carbocycles. The second-order valence-electron chi connectivity index (χ2n) is 4.86. The molecule has 2 fully saturated rings. The number of aromatic nitrogens is 2. The van der Waals surface area contributed by atoms with Crippen LogP contribution in [-0.2, 0) is 4.79 Å². The molecule has 1 saturated carbocycles. The van der Waals surface area contributed by atoms with Gasteiger partial charge >= 0.3 is 5.97 Å². The molecule has 2 aliphatic rings. The van der Waals surface area contributed by atoms with Crippen molar-refractivity contribution >= 4 is 22.6 Å². The van der Waals surface area contributed by atoms with E-state index in [-0.39, 0.29) is 5.92 Å². The second-order valence-corrected chi connectivity index (χ2v) is 5.59. The molecule has 1 saturated heterocycles. The number of hydrogen-bond acceptors (Lipinski definition) is 5. The minimum atomic E-state index is -0.707. The van der Waals surface area contributed by atoms with E-state index in [9.17, 15) is 4.79 Å². The Bertz CT molecular complexity index is 422. The Hall–Kier alpha value is -1.17. The van der Waals surface area contributed by atoms with Gasteiger partial charge in [0.1, 0.15) is 5.82 Å². The minimum Gasteiger partial charge on any atom is -0.481 e. The van der Waals surface area contributed by atoms with Crippen LogP contribution in [0.1, 0.15) is 37.4 Å². The van der Waals surface area contributed by atoms with Gasteiger partial charge in [-0.05, 0) is 12.8 Å². The standard InChI is InChI=1S/C11H15N3O2S/c15-10(16)8-5-14(6-8)11-12-9(13-17-11)7-3-1-2-4-7/h7-8H,1-6H2,(H,15,16). The van der Waals surface area contributed by atoms with Crippen molar-refractivity contribution in [2.75, 3.05) is 18.0 Å². The van der Waals surface area contributed by atoms with Crippen molar-refractivity contribution in [3.05, 3.63) is 5.82 Å². The van der Waals surface area contributed by atoms with Crippen molar-refractivity contribution in [3.8, 4) is 0 Å². The molecular weight excluding hydrogens is 238 g/mol. The number of carboxylic acids is 1. The van der Waals surface area contributed by atoms with E-state index in [4.69, 9.17) is 5.11 Å². The lowest BCUT2D eigenvalue weighted by Gasteiger charge is -2.35. The molecule has 1 N–H and O–H groups in total. The molecule has 0 bridgehead atoms. The van der Waals surface area contributed by atoms with E-state index in [1.807, 2.05) is 4.90 Å². The third-order valence-corrected chi connectivity index (χ3v) is 4.44. The molecule has 0 spiro atoms. The first-order valence-electron chi connectivity index (χ1n) is 6.05. The second kappa shape index (κ2) is 4.25. The lowest BCUT2D eigenvalue weighted by atomic mass is 10.0. The van der Waals surface area contributed by atoms with E-state index in [1.54, 1.807) is 0 Å². The van der Waals surface area contributed by atoms with Crippen LogP contribution in [0.4, 0.5) is 5.13 Å². The first kappa shape index (κ1) is 11.0. The van der Waals surface area contributed by atoms with Crippen LogP contribution in [0.25, 0.3) is 0 Å². The van der Waals surface area contributed by atoms with Crippen LogP contribution >= 0.6 is 11.5 Å². The average Bonchev–Trinajstić information content (AvgIpc) is 2.82. The Morgan fingerprint density at radius 3 is 2.71 bits per heavy atom. The van der Waals surface area contributed by atoms with Gasteiger partial charge in [0.25, 0.3) is 0 Å². The summed E-state index contributed by atoms with van der Waals surface area (Å²) >= 11 is 1.41. The van der Waals surface area contributed by atoms with Crippen molar-refractivity contribution in [2.24, 2.45) is 5.92 Å². The lowest BCUT2D eigenvalue weighted by molar-refractivity contribution is -0.142. The van der Waals surface area contributed by atoms with Crippen molar-refractivity contribution in [3.63, 3.8) is 0 Å². The summed E-state index contributed by atoms with van der Waals surface area (Å²) in [6.07, 6.45) is 4.97. The number of anilines is 1. The van der Waals surface area contributed by atoms with Gasteiger partial charge in [-0.1, -0.05) is 12.8 Å². The molecule has 17 heavy (non-hydrogen) atoms. The van der Waals surface area contributed by atoms with Crippen LogP contribution in [0.2, 0.25) is 0 Å². The molecular formula is C11H15N3O2S. The van der Waals surface area contributed by atoms with Crippen LogP contribution in [0.5, 0.6) is 0 Å². The Kier molecular flexibility index (Phi) is 2.74. The summed E-state index contributed by atoms with van der Waals surface area (Å²) in [4.78, 5) is 17.3. The molecule has 92 valence electrons. The molecule has 3 rings (SSSR count). The molecule has 0 atom stereocenters. The monoisotopic (exact) mass is 253 g/mol. The lowest BCUT2D eigenvalue weighted by Crippen LogP contribution is -2.50. The van der Waals surface area contributed by atoms with Crippen LogP contribution in [0.3, 0.4) is 0 Å². The molecule has 6 heteroatoms. The Morgan fingerprint density at radius 1 is 1.35 bits per heavy atom. The van der Waals surface area contributed by atoms with Gasteiger partial charge in [0.15, 0.2) is 0 Å². The van der Waals surface area contributed by atoms with Gasteiger partial charge in [0, 0.05) is 30.5 Å². The molecule has 1 aromatic rings. The number of aliphatic carboxylic acids is 1. The minimum absolute atomic E-state index is 0.228. The van der Waals surface area contributed by atoms with E-state index < -0.39 is 5.97 Å². The number of carbonyl (C=O) groups is 1. The maximum absolute atomic E-state index is 10.7. The van der Waals surface area contributed by atoms with Gasteiger partial charge in [-0.3, -0.25) is 4.79 Å². The van der Waals surface area contributed by atoms with E-state index >= 15 is 0 Å². The largest absolute Gasteiger partial charge is 0.481 e. The number of nitrogens with zero attached hydrogens (tertiary/aromatic N) is 3.